The summed E-state index contributed by atoms with van der Waals surface area (Å²) in [7, 11) is 0. The van der Waals surface area contributed by atoms with Gasteiger partial charge in [0.25, 0.3) is 0 Å². The van der Waals surface area contributed by atoms with Crippen LogP contribution in [-0.4, -0.2) is 39.9 Å². The monoisotopic (exact) mass is 342 g/mol. The number of nitrogens with zero attached hydrogens (tertiary/aromatic N) is 4. The third-order valence-electron chi connectivity index (χ3n) is 4.06. The van der Waals surface area contributed by atoms with Crippen LogP contribution in [0, 0.1) is 6.92 Å². The minimum Gasteiger partial charge on any atom is -0.469 e. The lowest BCUT2D eigenvalue weighted by atomic mass is 10.1. The highest BCUT2D eigenvalue weighted by atomic mass is 16.3. The van der Waals surface area contributed by atoms with E-state index in [1.807, 2.05) is 30.7 Å². The van der Waals surface area contributed by atoms with Crippen molar-refractivity contribution in [1.29, 1.82) is 0 Å². The number of hydrogen-bond acceptors (Lipinski definition) is 4. The summed E-state index contributed by atoms with van der Waals surface area (Å²) in [5, 5.41) is 11.4. The van der Waals surface area contributed by atoms with Crippen LogP contribution >= 0.6 is 0 Å². The third kappa shape index (κ3) is 4.95. The highest BCUT2D eigenvalue weighted by Crippen LogP contribution is 2.12. The van der Waals surface area contributed by atoms with E-state index in [2.05, 4.69) is 32.3 Å². The Morgan fingerprint density at radius 2 is 2.40 bits per heavy atom. The summed E-state index contributed by atoms with van der Waals surface area (Å²) in [4.78, 5) is 9.07. The van der Waals surface area contributed by atoms with E-state index >= 15 is 0 Å². The minimum atomic E-state index is 0.286. The number of hydrogen-bond donors (Lipinski definition) is 2. The largest absolute Gasteiger partial charge is 0.469 e. The van der Waals surface area contributed by atoms with Crippen molar-refractivity contribution in [2.24, 2.45) is 4.99 Å². The number of furan rings is 1. The SMILES string of the molecule is C=C(C)CN=C(NCCc1ccco1)NC1CCc2nc(C)nn2C1. The molecule has 7 nitrogen and oxygen atoms in total. The van der Waals surface area contributed by atoms with Crippen LogP contribution in [0.4, 0.5) is 0 Å². The molecule has 2 aromatic heterocycles. The zero-order chi connectivity index (χ0) is 17.6. The Balaban J connectivity index is 1.57. The van der Waals surface area contributed by atoms with Crippen LogP contribution in [0.5, 0.6) is 0 Å². The van der Waals surface area contributed by atoms with Gasteiger partial charge in [0.2, 0.25) is 0 Å². The first kappa shape index (κ1) is 17.3. The molecule has 0 aliphatic carbocycles. The Morgan fingerprint density at radius 1 is 1.52 bits per heavy atom. The lowest BCUT2D eigenvalue weighted by Crippen LogP contribution is -2.47. The molecule has 2 aromatic rings. The molecule has 1 unspecified atom stereocenters. The summed E-state index contributed by atoms with van der Waals surface area (Å²) in [6, 6.07) is 4.17. The predicted molar refractivity (Wildman–Crippen MR) is 97.5 cm³/mol. The van der Waals surface area contributed by atoms with Crippen molar-refractivity contribution < 1.29 is 4.42 Å². The van der Waals surface area contributed by atoms with Gasteiger partial charge in [-0.1, -0.05) is 12.2 Å². The number of guanidine groups is 1. The molecule has 0 saturated carbocycles. The smallest absolute Gasteiger partial charge is 0.191 e. The van der Waals surface area contributed by atoms with E-state index in [1.165, 1.54) is 0 Å². The first-order valence-corrected chi connectivity index (χ1v) is 8.72. The second-order valence-corrected chi connectivity index (χ2v) is 6.52. The third-order valence-corrected chi connectivity index (χ3v) is 4.06. The molecule has 1 atom stereocenters. The van der Waals surface area contributed by atoms with Gasteiger partial charge in [-0.05, 0) is 32.4 Å². The van der Waals surface area contributed by atoms with Crippen molar-refractivity contribution in [3.05, 3.63) is 48.0 Å². The summed E-state index contributed by atoms with van der Waals surface area (Å²) in [6.07, 6.45) is 4.46. The summed E-state index contributed by atoms with van der Waals surface area (Å²) in [5.74, 6) is 3.68. The molecule has 1 aliphatic heterocycles. The molecule has 2 N–H and O–H groups in total. The highest BCUT2D eigenvalue weighted by Gasteiger charge is 2.21. The molecule has 7 heteroatoms. The van der Waals surface area contributed by atoms with Gasteiger partial charge in [-0.2, -0.15) is 5.10 Å². The quantitative estimate of drug-likeness (QED) is 0.476. The number of aliphatic imine (C=N–C) groups is 1. The topological polar surface area (TPSA) is 80.3 Å². The second-order valence-electron chi connectivity index (χ2n) is 6.52. The fourth-order valence-corrected chi connectivity index (χ4v) is 2.87. The van der Waals surface area contributed by atoms with Crippen LogP contribution in [-0.2, 0) is 19.4 Å². The van der Waals surface area contributed by atoms with Gasteiger partial charge in [0.05, 0.1) is 19.4 Å². The van der Waals surface area contributed by atoms with Crippen molar-refractivity contribution in [3.8, 4) is 0 Å². The van der Waals surface area contributed by atoms with Crippen molar-refractivity contribution in [2.75, 3.05) is 13.1 Å². The van der Waals surface area contributed by atoms with Crippen LogP contribution in [0.2, 0.25) is 0 Å². The average molecular weight is 342 g/mol. The Bertz CT molecular complexity index is 731. The van der Waals surface area contributed by atoms with Crippen molar-refractivity contribution in [1.82, 2.24) is 25.4 Å². The molecule has 0 aromatic carbocycles. The van der Waals surface area contributed by atoms with Gasteiger partial charge in [-0.3, -0.25) is 0 Å². The molecular weight excluding hydrogens is 316 g/mol. The van der Waals surface area contributed by atoms with E-state index in [9.17, 15) is 0 Å². The Hall–Kier alpha value is -2.57. The Kier molecular flexibility index (Phi) is 5.53. The molecule has 0 amide bonds. The van der Waals surface area contributed by atoms with E-state index < -0.39 is 0 Å². The first-order chi connectivity index (χ1) is 12.1. The number of aromatic nitrogens is 3. The summed E-state index contributed by atoms with van der Waals surface area (Å²) < 4.78 is 7.37. The van der Waals surface area contributed by atoms with Gasteiger partial charge in [-0.25, -0.2) is 14.7 Å². The van der Waals surface area contributed by atoms with Gasteiger partial charge < -0.3 is 15.1 Å². The van der Waals surface area contributed by atoms with E-state index in [1.54, 1.807) is 6.26 Å². The lowest BCUT2D eigenvalue weighted by Gasteiger charge is -2.25. The van der Waals surface area contributed by atoms with Gasteiger partial charge in [0.1, 0.15) is 17.4 Å². The molecule has 0 saturated heterocycles. The summed E-state index contributed by atoms with van der Waals surface area (Å²) >= 11 is 0. The standard InChI is InChI=1S/C18H26N6O/c1-13(2)11-20-18(19-9-8-16-5-4-10-25-16)22-15-6-7-17-21-14(3)23-24(17)12-15/h4-5,10,15H,1,6-9,11-12H2,2-3H3,(H2,19,20,22). The number of fused-ring (bicyclic) bond motifs is 1. The Labute approximate surface area is 148 Å². The highest BCUT2D eigenvalue weighted by molar-refractivity contribution is 5.80. The van der Waals surface area contributed by atoms with Gasteiger partial charge in [0, 0.05) is 25.4 Å². The number of aryl methyl sites for hydroxylation is 2. The molecule has 3 rings (SSSR count). The molecule has 0 radical (unpaired) electrons. The fraction of sp³-hybridized carbons (Fsp3) is 0.500. The maximum absolute atomic E-state index is 5.37. The van der Waals surface area contributed by atoms with Crippen LogP contribution in [0.25, 0.3) is 0 Å². The van der Waals surface area contributed by atoms with E-state index in [0.29, 0.717) is 6.54 Å². The molecule has 0 spiro atoms. The number of rotatable bonds is 6. The molecule has 1 aliphatic rings. The molecule has 0 bridgehead atoms. The zero-order valence-corrected chi connectivity index (χ0v) is 15.0. The molecule has 25 heavy (non-hydrogen) atoms. The fourth-order valence-electron chi connectivity index (χ4n) is 2.87. The van der Waals surface area contributed by atoms with Crippen LogP contribution < -0.4 is 10.6 Å². The maximum atomic E-state index is 5.37. The molecular formula is C18H26N6O. The van der Waals surface area contributed by atoms with Crippen LogP contribution in [0.15, 0.2) is 40.0 Å². The molecule has 3 heterocycles. The van der Waals surface area contributed by atoms with Gasteiger partial charge >= 0.3 is 0 Å². The van der Waals surface area contributed by atoms with Crippen LogP contribution in [0.1, 0.15) is 30.8 Å². The second kappa shape index (κ2) is 8.00. The average Bonchev–Trinajstić information content (AvgIpc) is 3.20. The van der Waals surface area contributed by atoms with Crippen molar-refractivity contribution in [3.63, 3.8) is 0 Å². The zero-order valence-electron chi connectivity index (χ0n) is 15.0. The normalized spacial score (nSPS) is 17.2. The van der Waals surface area contributed by atoms with E-state index in [-0.39, 0.29) is 6.04 Å². The van der Waals surface area contributed by atoms with E-state index in [4.69, 9.17) is 4.42 Å². The summed E-state index contributed by atoms with van der Waals surface area (Å²) in [6.45, 7) is 10.0. The molecule has 0 fully saturated rings. The van der Waals surface area contributed by atoms with Gasteiger partial charge in [0.15, 0.2) is 5.96 Å². The summed E-state index contributed by atoms with van der Waals surface area (Å²) in [5.41, 5.74) is 1.03. The molecule has 134 valence electrons. The minimum absolute atomic E-state index is 0.286. The van der Waals surface area contributed by atoms with E-state index in [0.717, 1.165) is 61.3 Å². The van der Waals surface area contributed by atoms with Crippen molar-refractivity contribution >= 4 is 5.96 Å². The van der Waals surface area contributed by atoms with Crippen molar-refractivity contribution in [2.45, 2.75) is 45.7 Å². The lowest BCUT2D eigenvalue weighted by molar-refractivity contribution is 0.392. The Morgan fingerprint density at radius 3 is 3.16 bits per heavy atom. The predicted octanol–water partition coefficient (Wildman–Crippen LogP) is 1.85. The van der Waals surface area contributed by atoms with Gasteiger partial charge in [-0.15, -0.1) is 0 Å². The first-order valence-electron chi connectivity index (χ1n) is 8.72. The maximum Gasteiger partial charge on any atom is 0.191 e. The van der Waals surface area contributed by atoms with Crippen LogP contribution in [0.3, 0.4) is 0 Å². The number of nitrogens with one attached hydrogen (secondary N) is 2.